The lowest BCUT2D eigenvalue weighted by molar-refractivity contribution is 0.179. The number of hydrogen-bond donors (Lipinski definition) is 1. The van der Waals surface area contributed by atoms with E-state index >= 15 is 0 Å². The van der Waals surface area contributed by atoms with Gasteiger partial charge in [-0.05, 0) is 48.7 Å². The average molecular weight is 463 g/mol. The van der Waals surface area contributed by atoms with Crippen molar-refractivity contribution in [2.75, 3.05) is 13.1 Å². The first-order chi connectivity index (χ1) is 17.2. The number of hydrogen-bond acceptors (Lipinski definition) is 5. The molecule has 0 radical (unpaired) electrons. The topological polar surface area (TPSA) is 79.7 Å². The molecular formula is C28H26N6O. The summed E-state index contributed by atoms with van der Waals surface area (Å²) in [6, 6.07) is 20.6. The highest BCUT2D eigenvalue weighted by atomic mass is 16.1. The normalized spacial score (nSPS) is 15.0. The minimum atomic E-state index is -0.109. The lowest BCUT2D eigenvalue weighted by Crippen LogP contribution is -2.33. The van der Waals surface area contributed by atoms with Crippen LogP contribution in [-0.2, 0) is 6.54 Å². The molecule has 0 saturated carbocycles. The number of H-pyrrole nitrogens is 1. The van der Waals surface area contributed by atoms with Crippen LogP contribution in [0.1, 0.15) is 24.4 Å². The predicted molar refractivity (Wildman–Crippen MR) is 137 cm³/mol. The molecular weight excluding hydrogens is 436 g/mol. The van der Waals surface area contributed by atoms with Gasteiger partial charge in [0.15, 0.2) is 0 Å². The molecule has 7 heteroatoms. The zero-order valence-corrected chi connectivity index (χ0v) is 19.3. The second-order valence-electron chi connectivity index (χ2n) is 9.06. The Morgan fingerprint density at radius 2 is 1.74 bits per heavy atom. The molecule has 5 aromatic rings. The molecule has 0 bridgehead atoms. The molecule has 4 aromatic heterocycles. The summed E-state index contributed by atoms with van der Waals surface area (Å²) in [4.78, 5) is 30.8. The number of benzene rings is 1. The Labute approximate surface area is 203 Å². The van der Waals surface area contributed by atoms with E-state index in [1.165, 1.54) is 5.56 Å². The lowest BCUT2D eigenvalue weighted by atomic mass is 10.0. The van der Waals surface area contributed by atoms with Crippen LogP contribution in [0.3, 0.4) is 0 Å². The fraction of sp³-hybridized carbons (Fsp3) is 0.214. The third-order valence-corrected chi connectivity index (χ3v) is 6.79. The van der Waals surface area contributed by atoms with Crippen molar-refractivity contribution in [3.05, 3.63) is 101 Å². The Kier molecular flexibility index (Phi) is 5.68. The summed E-state index contributed by atoms with van der Waals surface area (Å²) >= 11 is 0. The van der Waals surface area contributed by atoms with E-state index in [0.29, 0.717) is 16.9 Å². The van der Waals surface area contributed by atoms with Gasteiger partial charge in [0.1, 0.15) is 5.69 Å². The van der Waals surface area contributed by atoms with Gasteiger partial charge >= 0.3 is 0 Å². The zero-order chi connectivity index (χ0) is 23.6. The summed E-state index contributed by atoms with van der Waals surface area (Å²) in [5.74, 6) is 0. The van der Waals surface area contributed by atoms with Gasteiger partial charge in [0, 0.05) is 49.8 Å². The molecule has 7 nitrogen and oxygen atoms in total. The molecule has 0 spiro atoms. The lowest BCUT2D eigenvalue weighted by Gasteiger charge is -2.32. The SMILES string of the molecule is O=c1[nH]ccc2nc(-c3ccc(CN4CCC(n5cnc(-c6ccccn6)c5)CC4)cc3)ccc12. The minimum absolute atomic E-state index is 0.109. The van der Waals surface area contributed by atoms with Gasteiger partial charge in [-0.2, -0.15) is 0 Å². The number of likely N-dealkylation sites (tertiary alicyclic amines) is 1. The van der Waals surface area contributed by atoms with Gasteiger partial charge in [0.25, 0.3) is 5.56 Å². The molecule has 1 N–H and O–H groups in total. The first-order valence-corrected chi connectivity index (χ1v) is 12.0. The third kappa shape index (κ3) is 4.50. The molecule has 1 aromatic carbocycles. The van der Waals surface area contributed by atoms with E-state index in [9.17, 15) is 4.79 Å². The van der Waals surface area contributed by atoms with Crippen LogP contribution in [0, 0.1) is 0 Å². The van der Waals surface area contributed by atoms with E-state index < -0.39 is 0 Å². The molecule has 1 aliphatic heterocycles. The standard InChI is InChI=1S/C28H26N6O/c35-28-23-8-9-24(32-25(23)10-14-30-28)21-6-4-20(5-7-21)17-33-15-11-22(12-16-33)34-18-27(31-19-34)26-3-1-2-13-29-26/h1-10,13-14,18-19,22H,11-12,15-17H2,(H,30,35). The Balaban J connectivity index is 1.08. The fourth-order valence-corrected chi connectivity index (χ4v) is 4.83. The third-order valence-electron chi connectivity index (χ3n) is 6.79. The number of nitrogens with one attached hydrogen (secondary N) is 1. The van der Waals surface area contributed by atoms with E-state index in [1.54, 1.807) is 12.4 Å². The van der Waals surface area contributed by atoms with E-state index in [0.717, 1.165) is 55.1 Å². The summed E-state index contributed by atoms with van der Waals surface area (Å²) in [5.41, 5.74) is 5.68. The van der Waals surface area contributed by atoms with Crippen LogP contribution in [0.5, 0.6) is 0 Å². The van der Waals surface area contributed by atoms with Crippen LogP contribution in [0.2, 0.25) is 0 Å². The monoisotopic (exact) mass is 462 g/mol. The van der Waals surface area contributed by atoms with Gasteiger partial charge < -0.3 is 9.55 Å². The van der Waals surface area contributed by atoms with Crippen molar-refractivity contribution >= 4 is 10.9 Å². The van der Waals surface area contributed by atoms with Crippen molar-refractivity contribution in [2.45, 2.75) is 25.4 Å². The zero-order valence-electron chi connectivity index (χ0n) is 19.3. The van der Waals surface area contributed by atoms with Crippen LogP contribution < -0.4 is 5.56 Å². The summed E-state index contributed by atoms with van der Waals surface area (Å²) in [7, 11) is 0. The molecule has 1 fully saturated rings. The molecule has 0 amide bonds. The maximum Gasteiger partial charge on any atom is 0.257 e. The molecule has 0 aliphatic carbocycles. The summed E-state index contributed by atoms with van der Waals surface area (Å²) < 4.78 is 2.25. The Morgan fingerprint density at radius 3 is 2.54 bits per heavy atom. The molecule has 5 heterocycles. The van der Waals surface area contributed by atoms with Crippen molar-refractivity contribution in [1.29, 1.82) is 0 Å². The van der Waals surface area contributed by atoms with Crippen molar-refractivity contribution < 1.29 is 0 Å². The van der Waals surface area contributed by atoms with Crippen molar-refractivity contribution in [3.63, 3.8) is 0 Å². The Morgan fingerprint density at radius 1 is 0.886 bits per heavy atom. The Bertz CT molecular complexity index is 1500. The van der Waals surface area contributed by atoms with Crippen LogP contribution in [-0.4, -0.2) is 42.5 Å². The summed E-state index contributed by atoms with van der Waals surface area (Å²) in [6.07, 6.45) is 9.73. The number of aromatic nitrogens is 5. The van der Waals surface area contributed by atoms with E-state index in [2.05, 4.69) is 59.9 Å². The highest BCUT2D eigenvalue weighted by Gasteiger charge is 2.21. The molecule has 0 unspecified atom stereocenters. The summed E-state index contributed by atoms with van der Waals surface area (Å²) in [6.45, 7) is 3.06. The van der Waals surface area contributed by atoms with Crippen molar-refractivity contribution in [1.82, 2.24) is 29.4 Å². The van der Waals surface area contributed by atoms with Crippen LogP contribution >= 0.6 is 0 Å². The maximum absolute atomic E-state index is 11.9. The largest absolute Gasteiger partial charge is 0.334 e. The number of rotatable bonds is 5. The van der Waals surface area contributed by atoms with E-state index in [1.807, 2.05) is 42.7 Å². The molecule has 1 aliphatic rings. The number of pyridine rings is 3. The number of fused-ring (bicyclic) bond motifs is 1. The number of aromatic amines is 1. The van der Waals surface area contributed by atoms with E-state index in [-0.39, 0.29) is 5.56 Å². The average Bonchev–Trinajstić information content (AvgIpc) is 3.41. The van der Waals surface area contributed by atoms with Gasteiger partial charge in [0.05, 0.1) is 28.6 Å². The smallest absolute Gasteiger partial charge is 0.257 e. The van der Waals surface area contributed by atoms with Crippen molar-refractivity contribution in [2.24, 2.45) is 0 Å². The molecule has 6 rings (SSSR count). The molecule has 1 saturated heterocycles. The number of imidazole rings is 1. The molecule has 0 atom stereocenters. The van der Waals surface area contributed by atoms with Crippen molar-refractivity contribution in [3.8, 4) is 22.6 Å². The van der Waals surface area contributed by atoms with Crippen LogP contribution in [0.25, 0.3) is 33.5 Å². The van der Waals surface area contributed by atoms with Crippen LogP contribution in [0.15, 0.2) is 90.4 Å². The highest BCUT2D eigenvalue weighted by molar-refractivity contribution is 5.80. The first kappa shape index (κ1) is 21.4. The number of nitrogens with zero attached hydrogens (tertiary/aromatic N) is 5. The minimum Gasteiger partial charge on any atom is -0.334 e. The fourth-order valence-electron chi connectivity index (χ4n) is 4.83. The van der Waals surface area contributed by atoms with Gasteiger partial charge in [0.2, 0.25) is 0 Å². The van der Waals surface area contributed by atoms with Crippen LogP contribution in [0.4, 0.5) is 0 Å². The quantitative estimate of drug-likeness (QED) is 0.410. The van der Waals surface area contributed by atoms with E-state index in [4.69, 9.17) is 0 Å². The highest BCUT2D eigenvalue weighted by Crippen LogP contribution is 2.26. The van der Waals surface area contributed by atoms with Gasteiger partial charge in [-0.15, -0.1) is 0 Å². The van der Waals surface area contributed by atoms with Gasteiger partial charge in [-0.1, -0.05) is 30.3 Å². The van der Waals surface area contributed by atoms with Gasteiger partial charge in [-0.25, -0.2) is 9.97 Å². The Hall–Kier alpha value is -4.10. The number of piperidine rings is 1. The first-order valence-electron chi connectivity index (χ1n) is 12.0. The predicted octanol–water partition coefficient (Wildman–Crippen LogP) is 4.69. The molecule has 35 heavy (non-hydrogen) atoms. The summed E-state index contributed by atoms with van der Waals surface area (Å²) in [5, 5.41) is 0.611. The second-order valence-corrected chi connectivity index (χ2v) is 9.06. The second kappa shape index (κ2) is 9.27. The maximum atomic E-state index is 11.9. The molecule has 174 valence electrons. The van der Waals surface area contributed by atoms with Gasteiger partial charge in [-0.3, -0.25) is 14.7 Å².